The van der Waals surface area contributed by atoms with Gasteiger partial charge < -0.3 is 14.4 Å². The number of hydrogen-bond donors (Lipinski definition) is 0. The lowest BCUT2D eigenvalue weighted by Gasteiger charge is -2.38. The zero-order valence-corrected chi connectivity index (χ0v) is 12.3. The van der Waals surface area contributed by atoms with Gasteiger partial charge >= 0.3 is 6.09 Å². The van der Waals surface area contributed by atoms with Gasteiger partial charge in [-0.25, -0.2) is 4.79 Å². The summed E-state index contributed by atoms with van der Waals surface area (Å²) in [5.41, 5.74) is 0.919. The fraction of sp³-hybridized carbons (Fsp3) is 0.562. The second kappa shape index (κ2) is 6.75. The molecule has 1 amide bonds. The van der Waals surface area contributed by atoms with Crippen molar-refractivity contribution in [1.82, 2.24) is 4.90 Å². The van der Waals surface area contributed by atoms with Crippen LogP contribution in [0.25, 0.3) is 0 Å². The van der Waals surface area contributed by atoms with E-state index in [1.165, 1.54) is 0 Å². The first-order valence-electron chi connectivity index (χ1n) is 7.22. The van der Waals surface area contributed by atoms with Gasteiger partial charge in [-0.2, -0.15) is 0 Å². The summed E-state index contributed by atoms with van der Waals surface area (Å²) in [6.45, 7) is 6.57. The van der Waals surface area contributed by atoms with Crippen LogP contribution in [0.1, 0.15) is 32.3 Å². The molecule has 0 N–H and O–H groups in total. The van der Waals surface area contributed by atoms with E-state index in [0.29, 0.717) is 19.7 Å². The van der Waals surface area contributed by atoms with Crippen molar-refractivity contribution in [3.05, 3.63) is 35.9 Å². The molecule has 1 aromatic carbocycles. The molecule has 0 aliphatic carbocycles. The lowest BCUT2D eigenvalue weighted by Crippen LogP contribution is -2.46. The van der Waals surface area contributed by atoms with Gasteiger partial charge in [0.2, 0.25) is 0 Å². The minimum Gasteiger partial charge on any atom is -0.445 e. The molecule has 0 unspecified atom stereocenters. The molecule has 0 radical (unpaired) electrons. The standard InChI is InChI=1S/C16H23NO3/c1-3-20-16(2)9-11-17(12-10-16)15(18)19-13-14-7-5-4-6-8-14/h4-8H,3,9-13H2,1-2H3. The molecule has 0 atom stereocenters. The van der Waals surface area contributed by atoms with Gasteiger partial charge in [0.25, 0.3) is 0 Å². The maximum Gasteiger partial charge on any atom is 0.410 e. The van der Waals surface area contributed by atoms with E-state index in [4.69, 9.17) is 9.47 Å². The fourth-order valence-electron chi connectivity index (χ4n) is 2.47. The molecule has 1 aromatic rings. The molecule has 20 heavy (non-hydrogen) atoms. The van der Waals surface area contributed by atoms with Crippen molar-refractivity contribution < 1.29 is 14.3 Å². The highest BCUT2D eigenvalue weighted by atomic mass is 16.6. The van der Waals surface area contributed by atoms with Crippen molar-refractivity contribution in [3.63, 3.8) is 0 Å². The smallest absolute Gasteiger partial charge is 0.410 e. The number of rotatable bonds is 4. The monoisotopic (exact) mass is 277 g/mol. The molecular formula is C16H23NO3. The third-order valence-corrected chi connectivity index (χ3v) is 3.78. The van der Waals surface area contributed by atoms with Crippen LogP contribution in [0.2, 0.25) is 0 Å². The molecule has 1 heterocycles. The average molecular weight is 277 g/mol. The van der Waals surface area contributed by atoms with Crippen LogP contribution in [0.5, 0.6) is 0 Å². The van der Waals surface area contributed by atoms with Crippen LogP contribution >= 0.6 is 0 Å². The normalized spacial score (nSPS) is 17.8. The van der Waals surface area contributed by atoms with E-state index in [1.54, 1.807) is 4.90 Å². The van der Waals surface area contributed by atoms with Crippen molar-refractivity contribution in [2.24, 2.45) is 0 Å². The van der Waals surface area contributed by atoms with E-state index < -0.39 is 0 Å². The molecule has 4 nitrogen and oxygen atoms in total. The van der Waals surface area contributed by atoms with Crippen LogP contribution in [0.15, 0.2) is 30.3 Å². The predicted molar refractivity (Wildman–Crippen MR) is 77.5 cm³/mol. The number of hydrogen-bond acceptors (Lipinski definition) is 3. The van der Waals surface area contributed by atoms with E-state index in [1.807, 2.05) is 37.3 Å². The Labute approximate surface area is 120 Å². The molecule has 0 bridgehead atoms. The minimum absolute atomic E-state index is 0.0923. The number of likely N-dealkylation sites (tertiary alicyclic amines) is 1. The van der Waals surface area contributed by atoms with Gasteiger partial charge in [0.1, 0.15) is 6.61 Å². The molecule has 0 saturated carbocycles. The average Bonchev–Trinajstić information content (AvgIpc) is 2.47. The molecule has 0 spiro atoms. The summed E-state index contributed by atoms with van der Waals surface area (Å²) in [7, 11) is 0. The molecule has 0 aromatic heterocycles. The number of ether oxygens (including phenoxy) is 2. The number of carbonyl (C=O) groups is 1. The largest absolute Gasteiger partial charge is 0.445 e. The second-order valence-corrected chi connectivity index (χ2v) is 5.41. The third-order valence-electron chi connectivity index (χ3n) is 3.78. The fourth-order valence-corrected chi connectivity index (χ4v) is 2.47. The number of carbonyl (C=O) groups excluding carboxylic acids is 1. The Morgan fingerprint density at radius 2 is 1.90 bits per heavy atom. The molecule has 1 fully saturated rings. The van der Waals surface area contributed by atoms with Crippen molar-refractivity contribution in [2.75, 3.05) is 19.7 Å². The summed E-state index contributed by atoms with van der Waals surface area (Å²) in [4.78, 5) is 13.8. The van der Waals surface area contributed by atoms with Gasteiger partial charge in [0, 0.05) is 19.7 Å². The summed E-state index contributed by atoms with van der Waals surface area (Å²) in [5, 5.41) is 0. The first-order chi connectivity index (χ1) is 9.63. The van der Waals surface area contributed by atoms with E-state index >= 15 is 0 Å². The number of piperidine rings is 1. The van der Waals surface area contributed by atoms with Crippen LogP contribution < -0.4 is 0 Å². The van der Waals surface area contributed by atoms with Gasteiger partial charge in [-0.15, -0.1) is 0 Å². The zero-order valence-electron chi connectivity index (χ0n) is 12.3. The predicted octanol–water partition coefficient (Wildman–Crippen LogP) is 3.21. The zero-order chi connectivity index (χ0) is 14.4. The minimum atomic E-state index is -0.229. The van der Waals surface area contributed by atoms with E-state index in [-0.39, 0.29) is 11.7 Å². The van der Waals surface area contributed by atoms with Crippen molar-refractivity contribution in [2.45, 2.75) is 38.9 Å². The van der Waals surface area contributed by atoms with Crippen LogP contribution in [0.4, 0.5) is 4.79 Å². The number of benzene rings is 1. The van der Waals surface area contributed by atoms with Crippen molar-refractivity contribution >= 4 is 6.09 Å². The molecule has 1 aliphatic heterocycles. The SMILES string of the molecule is CCOC1(C)CCN(C(=O)OCc2ccccc2)CC1. The Bertz CT molecular complexity index is 425. The molecule has 1 aliphatic rings. The number of amides is 1. The highest BCUT2D eigenvalue weighted by Gasteiger charge is 2.32. The van der Waals surface area contributed by atoms with E-state index in [0.717, 1.165) is 25.0 Å². The van der Waals surface area contributed by atoms with Gasteiger partial charge in [0.05, 0.1) is 5.60 Å². The summed E-state index contributed by atoms with van der Waals surface area (Å²) in [6, 6.07) is 9.74. The lowest BCUT2D eigenvalue weighted by atomic mass is 9.93. The van der Waals surface area contributed by atoms with Crippen molar-refractivity contribution in [1.29, 1.82) is 0 Å². The first-order valence-corrected chi connectivity index (χ1v) is 7.22. The first kappa shape index (κ1) is 14.9. The van der Waals surface area contributed by atoms with Crippen LogP contribution in [-0.4, -0.2) is 36.3 Å². The molecule has 1 saturated heterocycles. The summed E-state index contributed by atoms with van der Waals surface area (Å²) in [5.74, 6) is 0. The molecule has 110 valence electrons. The molecule has 4 heteroatoms. The third kappa shape index (κ3) is 3.97. The Balaban J connectivity index is 1.77. The Kier molecular flexibility index (Phi) is 5.01. The molecular weight excluding hydrogens is 254 g/mol. The van der Waals surface area contributed by atoms with Crippen LogP contribution in [0.3, 0.4) is 0 Å². The second-order valence-electron chi connectivity index (χ2n) is 5.41. The van der Waals surface area contributed by atoms with Gasteiger partial charge in [0.15, 0.2) is 0 Å². The summed E-state index contributed by atoms with van der Waals surface area (Å²) in [6.07, 6.45) is 1.50. The van der Waals surface area contributed by atoms with Crippen LogP contribution in [-0.2, 0) is 16.1 Å². The van der Waals surface area contributed by atoms with Gasteiger partial charge in [-0.3, -0.25) is 0 Å². The van der Waals surface area contributed by atoms with Gasteiger partial charge in [-0.05, 0) is 32.3 Å². The summed E-state index contributed by atoms with van der Waals surface area (Å²) >= 11 is 0. The Hall–Kier alpha value is -1.55. The Morgan fingerprint density at radius 1 is 1.25 bits per heavy atom. The topological polar surface area (TPSA) is 38.8 Å². The maximum absolute atomic E-state index is 12.0. The number of nitrogens with zero attached hydrogens (tertiary/aromatic N) is 1. The van der Waals surface area contributed by atoms with E-state index in [2.05, 4.69) is 6.92 Å². The van der Waals surface area contributed by atoms with Crippen molar-refractivity contribution in [3.8, 4) is 0 Å². The maximum atomic E-state index is 12.0. The van der Waals surface area contributed by atoms with Crippen LogP contribution in [0, 0.1) is 0 Å². The summed E-state index contributed by atoms with van der Waals surface area (Å²) < 4.78 is 11.1. The van der Waals surface area contributed by atoms with E-state index in [9.17, 15) is 4.79 Å². The quantitative estimate of drug-likeness (QED) is 0.848. The molecule has 2 rings (SSSR count). The highest BCUT2D eigenvalue weighted by molar-refractivity contribution is 5.67. The lowest BCUT2D eigenvalue weighted by molar-refractivity contribution is -0.0638. The Morgan fingerprint density at radius 3 is 2.50 bits per heavy atom. The highest BCUT2D eigenvalue weighted by Crippen LogP contribution is 2.26. The van der Waals surface area contributed by atoms with Gasteiger partial charge in [-0.1, -0.05) is 30.3 Å².